The van der Waals surface area contributed by atoms with Crippen LogP contribution in [0.1, 0.15) is 0 Å². The van der Waals surface area contributed by atoms with E-state index in [2.05, 4.69) is 12.0 Å². The maximum Gasteiger partial charge on any atom is 0.119 e. The first-order valence-corrected chi connectivity index (χ1v) is 5.19. The average Bonchev–Trinajstić information content (AvgIpc) is 2.83. The molecule has 84 valence electrons. The van der Waals surface area contributed by atoms with Crippen LogP contribution in [0, 0.1) is 7.05 Å². The number of nitrogens with zero attached hydrogens (tertiary/aromatic N) is 2. The number of benzene rings is 1. The summed E-state index contributed by atoms with van der Waals surface area (Å²) in [6.07, 6.45) is 5.47. The predicted molar refractivity (Wildman–Crippen MR) is 61.1 cm³/mol. The molecule has 0 radical (unpaired) electrons. The molecule has 0 fully saturated rings. The molecule has 0 unspecified atom stereocenters. The summed E-state index contributed by atoms with van der Waals surface area (Å²) >= 11 is 0. The highest BCUT2D eigenvalue weighted by Gasteiger charge is 1.95. The number of imidazole rings is 1. The monoisotopic (exact) mass is 217 g/mol. The van der Waals surface area contributed by atoms with Crippen LogP contribution < -0.4 is 10.1 Å². The van der Waals surface area contributed by atoms with Gasteiger partial charge in [0.05, 0.1) is 12.9 Å². The lowest BCUT2D eigenvalue weighted by Gasteiger charge is -2.07. The molecule has 1 aromatic heterocycles. The number of hydrogen-bond donors (Lipinski definition) is 1. The zero-order chi connectivity index (χ0) is 11.2. The Kier molecular flexibility index (Phi) is 3.56. The van der Waals surface area contributed by atoms with Gasteiger partial charge in [-0.25, -0.2) is 4.98 Å². The van der Waals surface area contributed by atoms with Gasteiger partial charge in [-0.1, -0.05) is 0 Å². The van der Waals surface area contributed by atoms with Gasteiger partial charge < -0.3 is 14.6 Å². The van der Waals surface area contributed by atoms with E-state index >= 15 is 0 Å². The van der Waals surface area contributed by atoms with E-state index in [4.69, 9.17) is 4.74 Å². The molecule has 2 rings (SSSR count). The molecule has 0 atom stereocenters. The summed E-state index contributed by atoms with van der Waals surface area (Å²) in [7, 11) is 3.71. The van der Waals surface area contributed by atoms with Gasteiger partial charge in [0.1, 0.15) is 18.0 Å². The Labute approximate surface area is 94.9 Å². The van der Waals surface area contributed by atoms with Crippen LogP contribution in [0.25, 0.3) is 0 Å². The van der Waals surface area contributed by atoms with Gasteiger partial charge in [-0.3, -0.25) is 0 Å². The van der Waals surface area contributed by atoms with Crippen LogP contribution in [0.2, 0.25) is 0 Å². The van der Waals surface area contributed by atoms with Crippen LogP contribution >= 0.6 is 0 Å². The third kappa shape index (κ3) is 2.84. The number of aromatic nitrogens is 2. The molecule has 1 aromatic carbocycles. The van der Waals surface area contributed by atoms with Gasteiger partial charge in [0.2, 0.25) is 0 Å². The highest BCUT2D eigenvalue weighted by molar-refractivity contribution is 5.35. The number of ether oxygens (including phenoxy) is 1. The second-order valence-electron chi connectivity index (χ2n) is 3.42. The van der Waals surface area contributed by atoms with E-state index in [1.807, 2.05) is 40.3 Å². The molecule has 0 amide bonds. The van der Waals surface area contributed by atoms with Gasteiger partial charge in [0.15, 0.2) is 0 Å². The SMILES string of the molecule is [CH2-][NH2+]c1ccc(OCCn2ccnc2)cc1. The van der Waals surface area contributed by atoms with Crippen LogP contribution in [0.5, 0.6) is 5.75 Å². The third-order valence-corrected chi connectivity index (χ3v) is 2.29. The van der Waals surface area contributed by atoms with Crippen molar-refractivity contribution < 1.29 is 10.1 Å². The van der Waals surface area contributed by atoms with Crippen molar-refractivity contribution in [3.05, 3.63) is 50.0 Å². The first-order chi connectivity index (χ1) is 7.88. The molecule has 0 aliphatic rings. The Bertz CT molecular complexity index is 408. The number of nitrogens with two attached hydrogens (primary N) is 1. The molecule has 0 aliphatic carbocycles. The molecule has 1 heterocycles. The van der Waals surface area contributed by atoms with Gasteiger partial charge in [-0.05, 0) is 12.1 Å². The van der Waals surface area contributed by atoms with Crippen molar-refractivity contribution in [3.63, 3.8) is 0 Å². The van der Waals surface area contributed by atoms with Crippen LogP contribution in [-0.2, 0) is 6.54 Å². The number of hydrogen-bond acceptors (Lipinski definition) is 2. The van der Waals surface area contributed by atoms with Crippen LogP contribution in [-0.4, -0.2) is 16.2 Å². The lowest BCUT2D eigenvalue weighted by Crippen LogP contribution is -2.69. The van der Waals surface area contributed by atoms with Gasteiger partial charge in [0, 0.05) is 24.5 Å². The third-order valence-electron chi connectivity index (χ3n) is 2.29. The van der Waals surface area contributed by atoms with Gasteiger partial charge >= 0.3 is 0 Å². The molecule has 4 nitrogen and oxygen atoms in total. The van der Waals surface area contributed by atoms with E-state index < -0.39 is 0 Å². The van der Waals surface area contributed by atoms with Crippen LogP contribution in [0.15, 0.2) is 43.0 Å². The fraction of sp³-hybridized carbons (Fsp3) is 0.167. The minimum atomic E-state index is 0.643. The molecule has 0 bridgehead atoms. The molecular weight excluding hydrogens is 202 g/mol. The molecule has 16 heavy (non-hydrogen) atoms. The molecule has 2 aromatic rings. The molecule has 0 aliphatic heterocycles. The van der Waals surface area contributed by atoms with Crippen molar-refractivity contribution in [2.75, 3.05) is 6.61 Å². The highest BCUT2D eigenvalue weighted by Crippen LogP contribution is 2.12. The zero-order valence-electron chi connectivity index (χ0n) is 9.04. The summed E-state index contributed by atoms with van der Waals surface area (Å²) in [5.41, 5.74) is 1.10. The number of quaternary nitrogens is 1. The Hall–Kier alpha value is -1.81. The summed E-state index contributed by atoms with van der Waals surface area (Å²) in [6.45, 7) is 1.45. The Balaban J connectivity index is 1.81. The van der Waals surface area contributed by atoms with E-state index in [1.54, 1.807) is 12.5 Å². The van der Waals surface area contributed by atoms with Gasteiger partial charge in [0.25, 0.3) is 0 Å². The first-order valence-electron chi connectivity index (χ1n) is 5.19. The topological polar surface area (TPSA) is 43.7 Å². The maximum atomic E-state index is 5.60. The second kappa shape index (κ2) is 5.32. The quantitative estimate of drug-likeness (QED) is 0.598. The highest BCUT2D eigenvalue weighted by atomic mass is 16.5. The molecular formula is C12H15N3O. The standard InChI is InChI=1S/C12H15N3O/c1-13-11-2-4-12(5-3-11)16-9-8-15-7-6-14-10-15/h2-7,10H,1,8-9,13H2. The number of rotatable bonds is 5. The Morgan fingerprint density at radius 2 is 2.12 bits per heavy atom. The zero-order valence-corrected chi connectivity index (χ0v) is 9.04. The van der Waals surface area contributed by atoms with Gasteiger partial charge in [-0.2, -0.15) is 0 Å². The van der Waals surface area contributed by atoms with E-state index in [9.17, 15) is 0 Å². The van der Waals surface area contributed by atoms with E-state index in [0.29, 0.717) is 6.61 Å². The lowest BCUT2D eigenvalue weighted by atomic mass is 10.3. The van der Waals surface area contributed by atoms with E-state index in [0.717, 1.165) is 18.0 Å². The van der Waals surface area contributed by atoms with Crippen molar-refractivity contribution in [1.82, 2.24) is 9.55 Å². The predicted octanol–water partition coefficient (Wildman–Crippen LogP) is 0.949. The summed E-state index contributed by atoms with van der Waals surface area (Å²) in [5, 5.41) is 1.81. The fourth-order valence-electron chi connectivity index (χ4n) is 1.39. The van der Waals surface area contributed by atoms with Crippen molar-refractivity contribution in [3.8, 4) is 5.75 Å². The summed E-state index contributed by atoms with van der Waals surface area (Å²) in [6, 6.07) is 7.87. The van der Waals surface area contributed by atoms with Crippen molar-refractivity contribution in [2.24, 2.45) is 0 Å². The Morgan fingerprint density at radius 1 is 1.31 bits per heavy atom. The van der Waals surface area contributed by atoms with E-state index in [1.165, 1.54) is 0 Å². The molecule has 4 heteroatoms. The van der Waals surface area contributed by atoms with Crippen LogP contribution in [0.3, 0.4) is 0 Å². The largest absolute Gasteiger partial charge is 0.492 e. The molecule has 0 saturated carbocycles. The minimum absolute atomic E-state index is 0.643. The summed E-state index contributed by atoms with van der Waals surface area (Å²) in [4.78, 5) is 3.97. The van der Waals surface area contributed by atoms with E-state index in [-0.39, 0.29) is 0 Å². The lowest BCUT2D eigenvalue weighted by molar-refractivity contribution is -0.504. The Morgan fingerprint density at radius 3 is 2.75 bits per heavy atom. The molecule has 0 spiro atoms. The molecule has 0 saturated heterocycles. The van der Waals surface area contributed by atoms with Crippen molar-refractivity contribution >= 4 is 5.69 Å². The van der Waals surface area contributed by atoms with Crippen molar-refractivity contribution in [2.45, 2.75) is 6.54 Å². The second-order valence-corrected chi connectivity index (χ2v) is 3.42. The normalized spacial score (nSPS) is 10.3. The van der Waals surface area contributed by atoms with Gasteiger partial charge in [-0.15, -0.1) is 7.05 Å². The summed E-state index contributed by atoms with van der Waals surface area (Å²) < 4.78 is 7.58. The molecule has 2 N–H and O–H groups in total. The summed E-state index contributed by atoms with van der Waals surface area (Å²) in [5.74, 6) is 0.880. The first kappa shape index (κ1) is 10.7. The maximum absolute atomic E-state index is 5.60. The smallest absolute Gasteiger partial charge is 0.119 e. The minimum Gasteiger partial charge on any atom is -0.492 e. The van der Waals surface area contributed by atoms with Crippen molar-refractivity contribution in [1.29, 1.82) is 0 Å². The average molecular weight is 217 g/mol. The van der Waals surface area contributed by atoms with Crippen LogP contribution in [0.4, 0.5) is 5.69 Å². The fourth-order valence-corrected chi connectivity index (χ4v) is 1.39.